The molecule has 4 nitrogen and oxygen atoms in total. The first-order chi connectivity index (χ1) is 8.37. The number of carbonyl (C=O) groups is 2. The maximum Gasteiger partial charge on any atom is 0.242 e. The fraction of sp³-hybridized carbons (Fsp3) is 0.429. The first kappa shape index (κ1) is 14.2. The van der Waals surface area contributed by atoms with Crippen LogP contribution in [0.3, 0.4) is 0 Å². The Morgan fingerprint density at radius 3 is 2.11 bits per heavy atom. The van der Waals surface area contributed by atoms with E-state index in [0.717, 1.165) is 5.56 Å². The van der Waals surface area contributed by atoms with Crippen LogP contribution in [0.4, 0.5) is 0 Å². The molecule has 0 aliphatic carbocycles. The van der Waals surface area contributed by atoms with Crippen molar-refractivity contribution in [1.82, 2.24) is 10.9 Å². The van der Waals surface area contributed by atoms with E-state index in [4.69, 9.17) is 0 Å². The van der Waals surface area contributed by atoms with E-state index in [-0.39, 0.29) is 23.7 Å². The molecule has 1 aromatic carbocycles. The average Bonchev–Trinajstić information content (AvgIpc) is 2.25. The minimum atomic E-state index is -0.219. The van der Waals surface area contributed by atoms with Crippen LogP contribution in [0.25, 0.3) is 0 Å². The molecule has 0 aliphatic heterocycles. The molecule has 0 saturated heterocycles. The third kappa shape index (κ3) is 6.03. The Morgan fingerprint density at radius 2 is 1.56 bits per heavy atom. The average molecular weight is 248 g/mol. The van der Waals surface area contributed by atoms with Crippen LogP contribution in [0.15, 0.2) is 30.3 Å². The molecule has 2 N–H and O–H groups in total. The van der Waals surface area contributed by atoms with E-state index in [2.05, 4.69) is 10.9 Å². The van der Waals surface area contributed by atoms with E-state index in [1.165, 1.54) is 0 Å². The van der Waals surface area contributed by atoms with E-state index < -0.39 is 0 Å². The van der Waals surface area contributed by atoms with E-state index in [1.807, 2.05) is 51.1 Å². The molecule has 0 aromatic heterocycles. The van der Waals surface area contributed by atoms with Gasteiger partial charge in [0.15, 0.2) is 0 Å². The summed E-state index contributed by atoms with van der Waals surface area (Å²) in [6, 6.07) is 9.39. The van der Waals surface area contributed by atoms with Crippen LogP contribution in [0.1, 0.15) is 32.8 Å². The quantitative estimate of drug-likeness (QED) is 0.801. The number of hydrazine groups is 1. The van der Waals surface area contributed by atoms with Gasteiger partial charge in [-0.15, -0.1) is 0 Å². The van der Waals surface area contributed by atoms with Gasteiger partial charge in [-0.05, 0) is 11.0 Å². The zero-order chi connectivity index (χ0) is 13.6. The van der Waals surface area contributed by atoms with Gasteiger partial charge < -0.3 is 0 Å². The highest BCUT2D eigenvalue weighted by Crippen LogP contribution is 2.17. The lowest BCUT2D eigenvalue weighted by Crippen LogP contribution is -2.43. The van der Waals surface area contributed by atoms with E-state index in [0.29, 0.717) is 6.42 Å². The minimum Gasteiger partial charge on any atom is -0.273 e. The number of benzene rings is 1. The highest BCUT2D eigenvalue weighted by Gasteiger charge is 2.16. The third-order valence-electron chi connectivity index (χ3n) is 2.24. The predicted octanol–water partition coefficient (Wildman–Crippen LogP) is 1.81. The molecule has 0 unspecified atom stereocenters. The van der Waals surface area contributed by atoms with Crippen LogP contribution in [-0.2, 0) is 16.0 Å². The Labute approximate surface area is 108 Å². The van der Waals surface area contributed by atoms with E-state index in [1.54, 1.807) is 0 Å². The molecule has 1 rings (SSSR count). The lowest BCUT2D eigenvalue weighted by molar-refractivity contribution is -0.129. The number of amides is 2. The molecule has 0 aliphatic rings. The van der Waals surface area contributed by atoms with Crippen LogP contribution in [-0.4, -0.2) is 11.8 Å². The Morgan fingerprint density at radius 1 is 1.00 bits per heavy atom. The van der Waals surface area contributed by atoms with Crippen molar-refractivity contribution in [3.05, 3.63) is 35.9 Å². The molecule has 0 saturated carbocycles. The summed E-state index contributed by atoms with van der Waals surface area (Å²) in [6.45, 7) is 5.91. The van der Waals surface area contributed by atoms with E-state index in [9.17, 15) is 9.59 Å². The van der Waals surface area contributed by atoms with Crippen molar-refractivity contribution in [3.63, 3.8) is 0 Å². The zero-order valence-corrected chi connectivity index (χ0v) is 11.1. The van der Waals surface area contributed by atoms with Crippen LogP contribution >= 0.6 is 0 Å². The van der Waals surface area contributed by atoms with Gasteiger partial charge in [0, 0.05) is 6.42 Å². The SMILES string of the molecule is CC(C)(C)CC(=O)NNC(=O)Cc1ccccc1. The van der Waals surface area contributed by atoms with Crippen LogP contribution in [0.2, 0.25) is 0 Å². The molecule has 4 heteroatoms. The monoisotopic (exact) mass is 248 g/mol. The van der Waals surface area contributed by atoms with Gasteiger partial charge in [-0.25, -0.2) is 0 Å². The van der Waals surface area contributed by atoms with E-state index >= 15 is 0 Å². The zero-order valence-electron chi connectivity index (χ0n) is 11.1. The van der Waals surface area contributed by atoms with Crippen molar-refractivity contribution in [2.24, 2.45) is 5.41 Å². The van der Waals surface area contributed by atoms with Gasteiger partial charge in [-0.1, -0.05) is 51.1 Å². The van der Waals surface area contributed by atoms with Gasteiger partial charge in [-0.3, -0.25) is 20.4 Å². The maximum absolute atomic E-state index is 11.6. The van der Waals surface area contributed by atoms with Gasteiger partial charge in [-0.2, -0.15) is 0 Å². The second-order valence-corrected chi connectivity index (χ2v) is 5.50. The number of rotatable bonds is 3. The summed E-state index contributed by atoms with van der Waals surface area (Å²) in [5, 5.41) is 0. The number of nitrogens with one attached hydrogen (secondary N) is 2. The van der Waals surface area contributed by atoms with Crippen LogP contribution in [0, 0.1) is 5.41 Å². The molecule has 0 heterocycles. The van der Waals surface area contributed by atoms with Crippen molar-refractivity contribution in [1.29, 1.82) is 0 Å². The summed E-state index contributed by atoms with van der Waals surface area (Å²) in [6.07, 6.45) is 0.634. The lowest BCUT2D eigenvalue weighted by Gasteiger charge is -2.17. The summed E-state index contributed by atoms with van der Waals surface area (Å²) in [5.41, 5.74) is 5.66. The van der Waals surface area contributed by atoms with Crippen molar-refractivity contribution in [3.8, 4) is 0 Å². The topological polar surface area (TPSA) is 58.2 Å². The largest absolute Gasteiger partial charge is 0.273 e. The van der Waals surface area contributed by atoms with Gasteiger partial charge in [0.2, 0.25) is 11.8 Å². The molecule has 98 valence electrons. The van der Waals surface area contributed by atoms with Crippen LogP contribution in [0.5, 0.6) is 0 Å². The van der Waals surface area contributed by atoms with Gasteiger partial charge in [0.05, 0.1) is 6.42 Å². The second kappa shape index (κ2) is 6.19. The number of hydrogen-bond acceptors (Lipinski definition) is 2. The Kier molecular flexibility index (Phi) is 4.89. The Hall–Kier alpha value is -1.84. The maximum atomic E-state index is 11.6. The minimum absolute atomic E-state index is 0.0890. The van der Waals surface area contributed by atoms with Gasteiger partial charge in [0.25, 0.3) is 0 Å². The first-order valence-corrected chi connectivity index (χ1v) is 5.98. The molecule has 18 heavy (non-hydrogen) atoms. The normalized spacial score (nSPS) is 10.8. The van der Waals surface area contributed by atoms with Crippen LogP contribution < -0.4 is 10.9 Å². The highest BCUT2D eigenvalue weighted by molar-refractivity contribution is 5.83. The van der Waals surface area contributed by atoms with Crippen molar-refractivity contribution < 1.29 is 9.59 Å². The Bertz CT molecular complexity index is 408. The van der Waals surface area contributed by atoms with Gasteiger partial charge >= 0.3 is 0 Å². The molecule has 0 radical (unpaired) electrons. The standard InChI is InChI=1S/C14H20N2O2/c1-14(2,3)10-13(18)16-15-12(17)9-11-7-5-4-6-8-11/h4-8H,9-10H2,1-3H3,(H,15,17)(H,16,18). The molecule has 0 spiro atoms. The molecule has 0 atom stereocenters. The van der Waals surface area contributed by atoms with Crippen molar-refractivity contribution in [2.75, 3.05) is 0 Å². The molecule has 2 amide bonds. The third-order valence-corrected chi connectivity index (χ3v) is 2.24. The Balaban J connectivity index is 2.32. The van der Waals surface area contributed by atoms with Crippen molar-refractivity contribution >= 4 is 11.8 Å². The smallest absolute Gasteiger partial charge is 0.242 e. The fourth-order valence-corrected chi connectivity index (χ4v) is 1.49. The highest BCUT2D eigenvalue weighted by atomic mass is 16.2. The first-order valence-electron chi connectivity index (χ1n) is 5.98. The molecule has 0 fully saturated rings. The fourth-order valence-electron chi connectivity index (χ4n) is 1.49. The summed E-state index contributed by atoms with van der Waals surface area (Å²) < 4.78 is 0. The molecule has 1 aromatic rings. The summed E-state index contributed by atoms with van der Waals surface area (Å²) in [5.74, 6) is -0.396. The second-order valence-electron chi connectivity index (χ2n) is 5.50. The summed E-state index contributed by atoms with van der Waals surface area (Å²) >= 11 is 0. The predicted molar refractivity (Wildman–Crippen MR) is 70.5 cm³/mol. The lowest BCUT2D eigenvalue weighted by atomic mass is 9.92. The molecule has 0 bridgehead atoms. The van der Waals surface area contributed by atoms with Gasteiger partial charge in [0.1, 0.15) is 0 Å². The van der Waals surface area contributed by atoms with Crippen molar-refractivity contribution in [2.45, 2.75) is 33.6 Å². The summed E-state index contributed by atoms with van der Waals surface area (Å²) in [4.78, 5) is 23.0. The summed E-state index contributed by atoms with van der Waals surface area (Å²) in [7, 11) is 0. The molecular formula is C14H20N2O2. The number of hydrogen-bond donors (Lipinski definition) is 2. The molecular weight excluding hydrogens is 228 g/mol. The number of carbonyl (C=O) groups excluding carboxylic acids is 2.